The van der Waals surface area contributed by atoms with Gasteiger partial charge in [-0.2, -0.15) is 0 Å². The predicted molar refractivity (Wildman–Crippen MR) is 135 cm³/mol. The summed E-state index contributed by atoms with van der Waals surface area (Å²) >= 11 is 0. The van der Waals surface area contributed by atoms with Crippen LogP contribution in [0.15, 0.2) is 49.2 Å². The van der Waals surface area contributed by atoms with Gasteiger partial charge in [0, 0.05) is 37.1 Å². The third-order valence-electron chi connectivity index (χ3n) is 5.40. The number of β-amino-alcohol motifs (C(OH)–C–C–N with tert-alkyl or cyclic N) is 1. The van der Waals surface area contributed by atoms with Gasteiger partial charge in [0.25, 0.3) is 0 Å². The second kappa shape index (κ2) is 13.6. The van der Waals surface area contributed by atoms with Crippen LogP contribution in [0.1, 0.15) is 51.5 Å². The minimum Gasteiger partial charge on any atom is -0.406 e. The lowest BCUT2D eigenvalue weighted by molar-refractivity contribution is -0.274. The van der Waals surface area contributed by atoms with Crippen molar-refractivity contribution in [1.82, 2.24) is 4.98 Å². The van der Waals surface area contributed by atoms with Crippen LogP contribution in [0.3, 0.4) is 0 Å². The Morgan fingerprint density at radius 1 is 1.31 bits per heavy atom. The molecule has 1 aliphatic heterocycles. The van der Waals surface area contributed by atoms with Crippen LogP contribution in [0.5, 0.6) is 5.75 Å². The van der Waals surface area contributed by atoms with E-state index < -0.39 is 12.5 Å². The number of nitrogens with one attached hydrogen (secondary N) is 2. The van der Waals surface area contributed by atoms with Gasteiger partial charge in [0.15, 0.2) is 5.78 Å². The summed E-state index contributed by atoms with van der Waals surface area (Å²) in [7, 11) is 0. The number of ketones is 1. The Morgan fingerprint density at radius 3 is 2.53 bits per heavy atom. The molecular formula is C26H33F3N4O3. The first kappa shape index (κ1) is 28.8. The monoisotopic (exact) mass is 506 g/mol. The van der Waals surface area contributed by atoms with Crippen molar-refractivity contribution in [3.63, 3.8) is 0 Å². The summed E-state index contributed by atoms with van der Waals surface area (Å²) in [5.41, 5.74) is 2.34. The van der Waals surface area contributed by atoms with Gasteiger partial charge in [-0.3, -0.25) is 4.79 Å². The topological polar surface area (TPSA) is 98.5 Å². The maximum atomic E-state index is 12.3. The molecule has 1 aromatic heterocycles. The average molecular weight is 507 g/mol. The van der Waals surface area contributed by atoms with Crippen molar-refractivity contribution in [3.8, 4) is 5.75 Å². The highest BCUT2D eigenvalue weighted by Gasteiger charge is 2.31. The second-order valence-corrected chi connectivity index (χ2v) is 8.25. The number of carbonyl (C=O) groups is 1. The zero-order chi connectivity index (χ0) is 26.7. The molecule has 36 heavy (non-hydrogen) atoms. The summed E-state index contributed by atoms with van der Waals surface area (Å²) in [6.45, 7) is 8.43. The van der Waals surface area contributed by atoms with E-state index in [0.717, 1.165) is 31.5 Å². The van der Waals surface area contributed by atoms with E-state index in [9.17, 15) is 23.1 Å². The molecule has 1 unspecified atom stereocenters. The van der Waals surface area contributed by atoms with Gasteiger partial charge in [-0.15, -0.1) is 13.2 Å². The first-order valence-corrected chi connectivity index (χ1v) is 11.9. The third-order valence-corrected chi connectivity index (χ3v) is 5.40. The van der Waals surface area contributed by atoms with Gasteiger partial charge in [-0.25, -0.2) is 4.98 Å². The number of halogens is 3. The van der Waals surface area contributed by atoms with Crippen molar-refractivity contribution in [3.05, 3.63) is 54.7 Å². The summed E-state index contributed by atoms with van der Waals surface area (Å²) in [5.74, 6) is 0.273. The molecule has 0 radical (unpaired) electrons. The molecule has 10 heteroatoms. The number of benzene rings is 1. The number of hydrogen-bond donors (Lipinski definition) is 3. The van der Waals surface area contributed by atoms with Crippen molar-refractivity contribution in [1.29, 1.82) is 5.41 Å². The standard InChI is InChI=1S/C20H23F3N4O2.C6H10O/c1-2-16(24)18-17(27-11-3-4-14(28)12-27)9-10-25-19(18)26-13-5-7-15(8-6-13)29-20(21,22)23;1-3-5-6(7)4-2/h5-10,14,24,28H,2-4,11-12H2,1H3,(H,25,26);4H,2-3,5H2,1H3. The van der Waals surface area contributed by atoms with Crippen LogP contribution >= 0.6 is 0 Å². The number of rotatable bonds is 9. The van der Waals surface area contributed by atoms with Gasteiger partial charge in [0.05, 0.1) is 17.4 Å². The molecule has 2 aromatic rings. The fourth-order valence-corrected chi connectivity index (χ4v) is 3.68. The van der Waals surface area contributed by atoms with Gasteiger partial charge in [-0.05, 0) is 62.1 Å². The summed E-state index contributed by atoms with van der Waals surface area (Å²) in [5, 5.41) is 21.5. The molecule has 0 aliphatic carbocycles. The molecule has 1 fully saturated rings. The highest BCUT2D eigenvalue weighted by Crippen LogP contribution is 2.32. The van der Waals surface area contributed by atoms with E-state index in [2.05, 4.69) is 21.6 Å². The summed E-state index contributed by atoms with van der Waals surface area (Å²) in [6.07, 6.45) is 1.48. The Labute approximate surface area is 209 Å². The van der Waals surface area contributed by atoms with E-state index in [1.54, 1.807) is 6.20 Å². The number of alkyl halides is 3. The van der Waals surface area contributed by atoms with Crippen LogP contribution in [-0.2, 0) is 4.79 Å². The molecule has 0 saturated carbocycles. The predicted octanol–water partition coefficient (Wildman–Crippen LogP) is 6.00. The van der Waals surface area contributed by atoms with Crippen molar-refractivity contribution in [2.75, 3.05) is 23.3 Å². The lowest BCUT2D eigenvalue weighted by atomic mass is 10.0. The van der Waals surface area contributed by atoms with Crippen molar-refractivity contribution in [2.24, 2.45) is 0 Å². The van der Waals surface area contributed by atoms with Crippen molar-refractivity contribution in [2.45, 2.75) is 58.4 Å². The maximum Gasteiger partial charge on any atom is 0.573 e. The number of aliphatic hydroxyl groups is 1. The first-order chi connectivity index (χ1) is 17.1. The van der Waals surface area contributed by atoms with Crippen LogP contribution in [0, 0.1) is 5.41 Å². The van der Waals surface area contributed by atoms with E-state index in [4.69, 9.17) is 5.41 Å². The molecule has 1 atom stereocenters. The van der Waals surface area contributed by atoms with E-state index in [0.29, 0.717) is 42.2 Å². The normalized spacial score (nSPS) is 15.4. The number of carbonyl (C=O) groups excluding carboxylic acids is 1. The number of nitrogens with zero attached hydrogens (tertiary/aromatic N) is 2. The van der Waals surface area contributed by atoms with Crippen LogP contribution in [0.2, 0.25) is 0 Å². The minimum atomic E-state index is -4.74. The molecule has 7 nitrogen and oxygen atoms in total. The number of ether oxygens (including phenoxy) is 1. The van der Waals surface area contributed by atoms with Gasteiger partial charge in [-0.1, -0.05) is 20.4 Å². The molecule has 1 saturated heterocycles. The molecule has 2 heterocycles. The van der Waals surface area contributed by atoms with Crippen molar-refractivity contribution >= 4 is 28.7 Å². The molecule has 1 aliphatic rings. The number of aliphatic hydroxyl groups excluding tert-OH is 1. The Morgan fingerprint density at radius 2 is 2.00 bits per heavy atom. The van der Waals surface area contributed by atoms with Crippen molar-refractivity contribution < 1.29 is 27.8 Å². The Balaban J connectivity index is 0.000000572. The SMILES string of the molecule is C=CC(=O)CCC.CCC(=N)c1c(N2CCCC(O)C2)ccnc1Nc1ccc(OC(F)(F)F)cc1. The van der Waals surface area contributed by atoms with Gasteiger partial charge in [0.1, 0.15) is 11.6 Å². The van der Waals surface area contributed by atoms with Crippen LogP contribution in [0.25, 0.3) is 0 Å². The smallest absolute Gasteiger partial charge is 0.406 e. The Hall–Kier alpha value is -3.40. The molecule has 0 bridgehead atoms. The maximum absolute atomic E-state index is 12.3. The minimum absolute atomic E-state index is 0.141. The number of pyridine rings is 1. The summed E-state index contributed by atoms with van der Waals surface area (Å²) in [6, 6.07) is 7.17. The van der Waals surface area contributed by atoms with Crippen LogP contribution in [-0.4, -0.2) is 47.1 Å². The number of aromatic nitrogens is 1. The summed E-state index contributed by atoms with van der Waals surface area (Å²) < 4.78 is 40.9. The fraction of sp³-hybridized carbons (Fsp3) is 0.423. The second-order valence-electron chi connectivity index (χ2n) is 8.25. The molecule has 1 aromatic carbocycles. The molecule has 0 spiro atoms. The fourth-order valence-electron chi connectivity index (χ4n) is 3.68. The van der Waals surface area contributed by atoms with Crippen LogP contribution in [0.4, 0.5) is 30.4 Å². The highest BCUT2D eigenvalue weighted by atomic mass is 19.4. The zero-order valence-corrected chi connectivity index (χ0v) is 20.6. The van der Waals surface area contributed by atoms with E-state index in [1.807, 2.05) is 24.8 Å². The highest BCUT2D eigenvalue weighted by molar-refractivity contribution is 6.07. The quantitative estimate of drug-likeness (QED) is 0.285. The van der Waals surface area contributed by atoms with E-state index >= 15 is 0 Å². The zero-order valence-electron chi connectivity index (χ0n) is 20.6. The van der Waals surface area contributed by atoms with E-state index in [1.165, 1.54) is 30.3 Å². The summed E-state index contributed by atoms with van der Waals surface area (Å²) in [4.78, 5) is 16.7. The van der Waals surface area contributed by atoms with Crippen LogP contribution < -0.4 is 15.0 Å². The van der Waals surface area contributed by atoms with Gasteiger partial charge in [0.2, 0.25) is 0 Å². The average Bonchev–Trinajstić information content (AvgIpc) is 2.84. The number of hydrogen-bond acceptors (Lipinski definition) is 7. The molecule has 3 N–H and O–H groups in total. The number of piperidine rings is 1. The number of allylic oxidation sites excluding steroid dienone is 1. The lowest BCUT2D eigenvalue weighted by Gasteiger charge is -2.33. The molecule has 0 amide bonds. The Bertz CT molecular complexity index is 1030. The first-order valence-electron chi connectivity index (χ1n) is 11.9. The van der Waals surface area contributed by atoms with E-state index in [-0.39, 0.29) is 11.5 Å². The molecule has 196 valence electrons. The lowest BCUT2D eigenvalue weighted by Crippen LogP contribution is -2.39. The number of anilines is 3. The third kappa shape index (κ3) is 8.99. The molecule has 3 rings (SSSR count). The molecular weight excluding hydrogens is 473 g/mol. The van der Waals surface area contributed by atoms with Gasteiger partial charge >= 0.3 is 6.36 Å². The Kier molecular flexibility index (Phi) is 10.9. The van der Waals surface area contributed by atoms with Gasteiger partial charge < -0.3 is 25.5 Å². The largest absolute Gasteiger partial charge is 0.573 e.